The van der Waals surface area contributed by atoms with Gasteiger partial charge in [0.1, 0.15) is 0 Å². The largest absolute Gasteiger partial charge is 0.343 e. The van der Waals surface area contributed by atoms with Crippen molar-refractivity contribution in [1.82, 2.24) is 4.90 Å². The quantitative estimate of drug-likeness (QED) is 0.392. The number of carbonyl (C=O) groups is 1. The van der Waals surface area contributed by atoms with Crippen LogP contribution in [0.4, 0.5) is 0 Å². The molecule has 1 aliphatic heterocycles. The van der Waals surface area contributed by atoms with Gasteiger partial charge < -0.3 is 4.74 Å². The van der Waals surface area contributed by atoms with Crippen molar-refractivity contribution in [2.45, 2.75) is 57.9 Å². The molecular formula is C32H33NO2. The predicted molar refractivity (Wildman–Crippen MR) is 140 cm³/mol. The molecule has 178 valence electrons. The Hall–Kier alpha value is -3.43. The van der Waals surface area contributed by atoms with Crippen LogP contribution in [0.1, 0.15) is 55.9 Å². The minimum absolute atomic E-state index is 0.0340. The standard InChI is InChI=1S/C32H33NO2/c1-31(2,3)26-20-18-25(19-21-26)23-35-32(27-14-8-5-9-15-27)29-17-11-10-16-28(29)30(34)33(32)22-24-12-6-4-7-13-24/h4-10,12-16,18-21H,11,17,22-23H2,1-3H3. The van der Waals surface area contributed by atoms with Crippen molar-refractivity contribution in [2.24, 2.45) is 0 Å². The number of rotatable bonds is 6. The van der Waals surface area contributed by atoms with Crippen LogP contribution in [-0.4, -0.2) is 10.8 Å². The van der Waals surface area contributed by atoms with Gasteiger partial charge in [-0.05, 0) is 40.5 Å². The van der Waals surface area contributed by atoms with E-state index in [0.717, 1.165) is 40.7 Å². The zero-order valence-corrected chi connectivity index (χ0v) is 20.8. The Kier molecular flexibility index (Phi) is 6.21. The van der Waals surface area contributed by atoms with Crippen LogP contribution >= 0.6 is 0 Å². The lowest BCUT2D eigenvalue weighted by Crippen LogP contribution is -2.47. The molecule has 0 N–H and O–H groups in total. The number of allylic oxidation sites excluding steroid dienone is 1. The Labute approximate surface area is 208 Å². The fraction of sp³-hybridized carbons (Fsp3) is 0.281. The zero-order valence-electron chi connectivity index (χ0n) is 20.8. The highest BCUT2D eigenvalue weighted by molar-refractivity contribution is 6.01. The lowest BCUT2D eigenvalue weighted by molar-refractivity contribution is -0.164. The van der Waals surface area contributed by atoms with E-state index in [2.05, 4.69) is 75.4 Å². The van der Waals surface area contributed by atoms with Crippen LogP contribution in [0.2, 0.25) is 0 Å². The topological polar surface area (TPSA) is 29.5 Å². The molecule has 1 heterocycles. The summed E-state index contributed by atoms with van der Waals surface area (Å²) >= 11 is 0. The second-order valence-electron chi connectivity index (χ2n) is 10.5. The number of benzene rings is 3. The number of ether oxygens (including phenoxy) is 1. The van der Waals surface area contributed by atoms with Gasteiger partial charge in [-0.2, -0.15) is 0 Å². The number of hydrogen-bond acceptors (Lipinski definition) is 2. The van der Waals surface area contributed by atoms with Crippen LogP contribution in [0.5, 0.6) is 0 Å². The lowest BCUT2D eigenvalue weighted by Gasteiger charge is -2.41. The second-order valence-corrected chi connectivity index (χ2v) is 10.5. The monoisotopic (exact) mass is 463 g/mol. The van der Waals surface area contributed by atoms with Crippen LogP contribution in [0.3, 0.4) is 0 Å². The average Bonchev–Trinajstić information content (AvgIpc) is 3.12. The van der Waals surface area contributed by atoms with Crippen LogP contribution in [0.25, 0.3) is 0 Å². The fourth-order valence-electron chi connectivity index (χ4n) is 5.15. The van der Waals surface area contributed by atoms with Gasteiger partial charge in [0.15, 0.2) is 5.72 Å². The summed E-state index contributed by atoms with van der Waals surface area (Å²) in [5.74, 6) is 0.0340. The molecule has 3 heteroatoms. The first-order valence-electron chi connectivity index (χ1n) is 12.4. The van der Waals surface area contributed by atoms with E-state index in [1.54, 1.807) is 0 Å². The van der Waals surface area contributed by atoms with Crippen LogP contribution in [0, 0.1) is 0 Å². The molecule has 3 aromatic carbocycles. The molecule has 1 aliphatic carbocycles. The Morgan fingerprint density at radius 2 is 1.51 bits per heavy atom. The van der Waals surface area contributed by atoms with Gasteiger partial charge in [-0.3, -0.25) is 9.69 Å². The summed E-state index contributed by atoms with van der Waals surface area (Å²) in [6, 6.07) is 29.1. The van der Waals surface area contributed by atoms with E-state index in [1.165, 1.54) is 5.56 Å². The average molecular weight is 464 g/mol. The van der Waals surface area contributed by atoms with Crippen molar-refractivity contribution in [1.29, 1.82) is 0 Å². The SMILES string of the molecule is CC(C)(C)c1ccc(COC2(c3ccccc3)C3=C(C=CCC3)C(=O)N2Cc2ccccc2)cc1. The van der Waals surface area contributed by atoms with Gasteiger partial charge in [-0.15, -0.1) is 0 Å². The number of hydrogen-bond donors (Lipinski definition) is 0. The second kappa shape index (κ2) is 9.31. The number of nitrogens with zero attached hydrogens (tertiary/aromatic N) is 1. The normalized spacial score (nSPS) is 19.9. The summed E-state index contributed by atoms with van der Waals surface area (Å²) in [7, 11) is 0. The Balaban J connectivity index is 1.58. The summed E-state index contributed by atoms with van der Waals surface area (Å²) in [5, 5.41) is 0. The maximum absolute atomic E-state index is 13.8. The third-order valence-electron chi connectivity index (χ3n) is 7.05. The molecule has 3 nitrogen and oxygen atoms in total. The molecule has 0 spiro atoms. The van der Waals surface area contributed by atoms with Crippen LogP contribution < -0.4 is 0 Å². The van der Waals surface area contributed by atoms with E-state index in [0.29, 0.717) is 13.2 Å². The van der Waals surface area contributed by atoms with Crippen LogP contribution in [-0.2, 0) is 33.8 Å². The maximum atomic E-state index is 13.8. The van der Waals surface area contributed by atoms with E-state index in [1.807, 2.05) is 47.4 Å². The molecule has 1 atom stereocenters. The highest BCUT2D eigenvalue weighted by Crippen LogP contribution is 2.49. The van der Waals surface area contributed by atoms with Crippen molar-refractivity contribution in [3.63, 3.8) is 0 Å². The molecule has 1 amide bonds. The highest BCUT2D eigenvalue weighted by Gasteiger charge is 2.53. The van der Waals surface area contributed by atoms with Gasteiger partial charge >= 0.3 is 0 Å². The molecular weight excluding hydrogens is 430 g/mol. The minimum Gasteiger partial charge on any atom is -0.343 e. The van der Waals surface area contributed by atoms with Gasteiger partial charge in [0.25, 0.3) is 5.91 Å². The molecule has 0 saturated heterocycles. The summed E-state index contributed by atoms with van der Waals surface area (Å²) in [5.41, 5.74) is 5.49. The van der Waals surface area contributed by atoms with E-state index in [-0.39, 0.29) is 11.3 Å². The summed E-state index contributed by atoms with van der Waals surface area (Å²) in [6.07, 6.45) is 5.80. The molecule has 0 aromatic heterocycles. The van der Waals surface area contributed by atoms with Crippen molar-refractivity contribution in [3.8, 4) is 0 Å². The summed E-state index contributed by atoms with van der Waals surface area (Å²) in [4.78, 5) is 15.8. The fourth-order valence-corrected chi connectivity index (χ4v) is 5.15. The Bertz CT molecular complexity index is 1250. The van der Waals surface area contributed by atoms with E-state index in [4.69, 9.17) is 4.74 Å². The maximum Gasteiger partial charge on any atom is 0.257 e. The third kappa shape index (κ3) is 4.37. The van der Waals surface area contributed by atoms with E-state index >= 15 is 0 Å². The number of carbonyl (C=O) groups excluding carboxylic acids is 1. The van der Waals surface area contributed by atoms with Crippen LogP contribution in [0.15, 0.2) is 108 Å². The smallest absolute Gasteiger partial charge is 0.257 e. The number of amides is 1. The molecule has 1 unspecified atom stereocenters. The van der Waals surface area contributed by atoms with E-state index in [9.17, 15) is 4.79 Å². The van der Waals surface area contributed by atoms with Crippen molar-refractivity contribution in [3.05, 3.63) is 130 Å². The Morgan fingerprint density at radius 1 is 0.857 bits per heavy atom. The van der Waals surface area contributed by atoms with E-state index < -0.39 is 5.72 Å². The van der Waals surface area contributed by atoms with Crippen molar-refractivity contribution < 1.29 is 9.53 Å². The van der Waals surface area contributed by atoms with Gasteiger partial charge in [-0.1, -0.05) is 118 Å². The van der Waals surface area contributed by atoms with Crippen molar-refractivity contribution >= 4 is 5.91 Å². The highest BCUT2D eigenvalue weighted by atomic mass is 16.5. The summed E-state index contributed by atoms with van der Waals surface area (Å²) < 4.78 is 6.93. The minimum atomic E-state index is -0.934. The molecule has 0 saturated carbocycles. The molecule has 3 aromatic rings. The summed E-state index contributed by atoms with van der Waals surface area (Å²) in [6.45, 7) is 7.56. The van der Waals surface area contributed by atoms with Gasteiger partial charge in [0, 0.05) is 17.7 Å². The molecule has 0 fully saturated rings. The van der Waals surface area contributed by atoms with Crippen molar-refractivity contribution in [2.75, 3.05) is 0 Å². The first kappa shape index (κ1) is 23.3. The first-order valence-corrected chi connectivity index (χ1v) is 12.4. The first-order chi connectivity index (χ1) is 16.9. The third-order valence-corrected chi connectivity index (χ3v) is 7.05. The molecule has 2 aliphatic rings. The lowest BCUT2D eigenvalue weighted by atomic mass is 9.86. The molecule has 0 bridgehead atoms. The predicted octanol–water partition coefficient (Wildman–Crippen LogP) is 7.04. The van der Waals surface area contributed by atoms with Gasteiger partial charge in [0.2, 0.25) is 0 Å². The zero-order chi connectivity index (χ0) is 24.5. The van der Waals surface area contributed by atoms with Gasteiger partial charge in [0.05, 0.1) is 6.61 Å². The molecule has 0 radical (unpaired) electrons. The Morgan fingerprint density at radius 3 is 2.17 bits per heavy atom. The van der Waals surface area contributed by atoms with Gasteiger partial charge in [-0.25, -0.2) is 0 Å². The molecule has 5 rings (SSSR count). The molecule has 35 heavy (non-hydrogen) atoms.